The molecule has 5 nitrogen and oxygen atoms in total. The number of halogens is 1. The van der Waals surface area contributed by atoms with Crippen LogP contribution in [0.1, 0.15) is 27.0 Å². The van der Waals surface area contributed by atoms with Crippen molar-refractivity contribution in [3.05, 3.63) is 63.7 Å². The van der Waals surface area contributed by atoms with E-state index in [2.05, 4.69) is 0 Å². The predicted molar refractivity (Wildman–Crippen MR) is 88.0 cm³/mol. The Labute approximate surface area is 145 Å². The molecule has 1 aliphatic rings. The highest BCUT2D eigenvalue weighted by Gasteiger charge is 2.18. The summed E-state index contributed by atoms with van der Waals surface area (Å²) in [6.45, 7) is 1.19. The Morgan fingerprint density at radius 1 is 1.21 bits per heavy atom. The molecule has 0 spiro atoms. The largest absolute Gasteiger partial charge is 0.467 e. The second-order valence-corrected chi connectivity index (χ2v) is 5.81. The van der Waals surface area contributed by atoms with Crippen LogP contribution >= 0.6 is 11.6 Å². The van der Waals surface area contributed by atoms with Gasteiger partial charge in [0.1, 0.15) is 12.4 Å². The van der Waals surface area contributed by atoms with Gasteiger partial charge in [-0.3, -0.25) is 0 Å². The van der Waals surface area contributed by atoms with Gasteiger partial charge in [-0.1, -0.05) is 23.7 Å². The van der Waals surface area contributed by atoms with Gasteiger partial charge in [0.15, 0.2) is 6.79 Å². The normalized spacial score (nSPS) is 13.1. The molecule has 0 aromatic heterocycles. The first-order chi connectivity index (χ1) is 11.7. The third-order valence-corrected chi connectivity index (χ3v) is 3.83. The Bertz CT molecular complexity index is 727. The number of hydrogen-bond donors (Lipinski definition) is 0. The van der Waals surface area contributed by atoms with E-state index < -0.39 is 5.97 Å². The third kappa shape index (κ3) is 3.87. The van der Waals surface area contributed by atoms with Gasteiger partial charge in [-0.05, 0) is 29.8 Å². The van der Waals surface area contributed by atoms with Crippen LogP contribution in [-0.4, -0.2) is 19.9 Å². The fraction of sp³-hybridized carbons (Fsp3) is 0.278. The molecule has 0 amide bonds. The van der Waals surface area contributed by atoms with Gasteiger partial charge in [0.05, 0.1) is 18.8 Å². The summed E-state index contributed by atoms with van der Waals surface area (Å²) in [7, 11) is 1.63. The maximum absolute atomic E-state index is 12.2. The average molecular weight is 349 g/mol. The van der Waals surface area contributed by atoms with Crippen molar-refractivity contribution in [3.63, 3.8) is 0 Å². The number of carbonyl (C=O) groups is 1. The summed E-state index contributed by atoms with van der Waals surface area (Å²) in [5.74, 6) is 0.272. The summed E-state index contributed by atoms with van der Waals surface area (Å²) in [6, 6.07) is 10.6. The molecule has 0 bridgehead atoms. The van der Waals surface area contributed by atoms with Crippen LogP contribution in [0.2, 0.25) is 5.02 Å². The van der Waals surface area contributed by atoms with Crippen molar-refractivity contribution in [2.75, 3.05) is 13.9 Å². The van der Waals surface area contributed by atoms with E-state index in [-0.39, 0.29) is 13.4 Å². The van der Waals surface area contributed by atoms with E-state index in [9.17, 15) is 4.79 Å². The standard InChI is InChI=1S/C18H17ClO5/c1-21-8-12-2-4-13(5-3-12)18(20)23-10-15-7-16(19)6-14-9-22-11-24-17(14)15/h2-7H,8-11H2,1H3. The molecule has 126 valence electrons. The van der Waals surface area contributed by atoms with E-state index in [1.165, 1.54) is 0 Å². The minimum atomic E-state index is -0.403. The molecule has 3 rings (SSSR count). The van der Waals surface area contributed by atoms with Crippen LogP contribution in [0.5, 0.6) is 5.75 Å². The van der Waals surface area contributed by atoms with Crippen LogP contribution in [0.3, 0.4) is 0 Å². The van der Waals surface area contributed by atoms with Gasteiger partial charge < -0.3 is 18.9 Å². The van der Waals surface area contributed by atoms with E-state index >= 15 is 0 Å². The van der Waals surface area contributed by atoms with Crippen molar-refractivity contribution in [2.45, 2.75) is 19.8 Å². The summed E-state index contributed by atoms with van der Waals surface area (Å²) in [4.78, 5) is 12.2. The zero-order chi connectivity index (χ0) is 16.9. The molecule has 2 aromatic carbocycles. The van der Waals surface area contributed by atoms with Gasteiger partial charge in [-0.2, -0.15) is 0 Å². The highest BCUT2D eigenvalue weighted by Crippen LogP contribution is 2.32. The molecule has 0 fully saturated rings. The Balaban J connectivity index is 1.69. The monoisotopic (exact) mass is 348 g/mol. The summed E-state index contributed by atoms with van der Waals surface area (Å²) in [6.07, 6.45) is 0. The maximum Gasteiger partial charge on any atom is 0.338 e. The molecule has 1 heterocycles. The number of fused-ring (bicyclic) bond motifs is 1. The number of carbonyl (C=O) groups excluding carboxylic acids is 1. The van der Waals surface area contributed by atoms with E-state index in [1.54, 1.807) is 31.4 Å². The molecular formula is C18H17ClO5. The number of benzene rings is 2. The fourth-order valence-corrected chi connectivity index (χ4v) is 2.76. The predicted octanol–water partition coefficient (Wildman–Crippen LogP) is 3.71. The highest BCUT2D eigenvalue weighted by atomic mass is 35.5. The smallest absolute Gasteiger partial charge is 0.338 e. The van der Waals surface area contributed by atoms with E-state index in [4.69, 9.17) is 30.5 Å². The first kappa shape index (κ1) is 16.8. The zero-order valence-electron chi connectivity index (χ0n) is 13.2. The first-order valence-electron chi connectivity index (χ1n) is 7.44. The molecule has 0 saturated carbocycles. The number of methoxy groups -OCH3 is 1. The Kier molecular flexibility index (Phi) is 5.35. The Hall–Kier alpha value is -2.08. The van der Waals surface area contributed by atoms with Crippen LogP contribution in [0.4, 0.5) is 0 Å². The quantitative estimate of drug-likeness (QED) is 0.771. The van der Waals surface area contributed by atoms with Crippen LogP contribution in [0, 0.1) is 0 Å². The number of esters is 1. The molecular weight excluding hydrogens is 332 g/mol. The average Bonchev–Trinajstić information content (AvgIpc) is 2.60. The minimum absolute atomic E-state index is 0.0849. The summed E-state index contributed by atoms with van der Waals surface area (Å²) >= 11 is 6.10. The van der Waals surface area contributed by atoms with Crippen molar-refractivity contribution in [2.24, 2.45) is 0 Å². The highest BCUT2D eigenvalue weighted by molar-refractivity contribution is 6.30. The van der Waals surface area contributed by atoms with Crippen molar-refractivity contribution in [1.82, 2.24) is 0 Å². The van der Waals surface area contributed by atoms with Crippen LogP contribution in [0.25, 0.3) is 0 Å². The summed E-state index contributed by atoms with van der Waals surface area (Å²) < 4.78 is 21.2. The molecule has 0 radical (unpaired) electrons. The van der Waals surface area contributed by atoms with Crippen molar-refractivity contribution in [1.29, 1.82) is 0 Å². The Morgan fingerprint density at radius 2 is 2.00 bits per heavy atom. The van der Waals surface area contributed by atoms with Gasteiger partial charge >= 0.3 is 5.97 Å². The molecule has 2 aromatic rings. The molecule has 0 aliphatic carbocycles. The fourth-order valence-electron chi connectivity index (χ4n) is 2.49. The lowest BCUT2D eigenvalue weighted by Gasteiger charge is -2.21. The number of rotatable bonds is 5. The minimum Gasteiger partial charge on any atom is -0.467 e. The van der Waals surface area contributed by atoms with Gasteiger partial charge in [0.2, 0.25) is 0 Å². The van der Waals surface area contributed by atoms with Crippen molar-refractivity contribution >= 4 is 17.6 Å². The first-order valence-corrected chi connectivity index (χ1v) is 7.82. The Morgan fingerprint density at radius 3 is 2.75 bits per heavy atom. The molecule has 6 heteroatoms. The summed E-state index contributed by atoms with van der Waals surface area (Å²) in [5, 5.41) is 0.554. The molecule has 0 atom stereocenters. The van der Waals surface area contributed by atoms with Gasteiger partial charge in [-0.25, -0.2) is 4.79 Å². The molecule has 0 saturated heterocycles. The molecule has 24 heavy (non-hydrogen) atoms. The molecule has 0 unspecified atom stereocenters. The third-order valence-electron chi connectivity index (χ3n) is 3.61. The number of hydrogen-bond acceptors (Lipinski definition) is 5. The second kappa shape index (κ2) is 7.66. The van der Waals surface area contributed by atoms with Crippen LogP contribution in [0.15, 0.2) is 36.4 Å². The zero-order valence-corrected chi connectivity index (χ0v) is 14.0. The molecule has 0 N–H and O–H groups in total. The van der Waals surface area contributed by atoms with Crippen molar-refractivity contribution < 1.29 is 23.7 Å². The maximum atomic E-state index is 12.2. The van der Waals surface area contributed by atoms with E-state index in [0.29, 0.717) is 29.5 Å². The summed E-state index contributed by atoms with van der Waals surface area (Å²) in [5.41, 5.74) is 3.05. The lowest BCUT2D eigenvalue weighted by atomic mass is 10.1. The van der Waals surface area contributed by atoms with E-state index in [0.717, 1.165) is 16.7 Å². The van der Waals surface area contributed by atoms with Gasteiger partial charge in [0.25, 0.3) is 0 Å². The topological polar surface area (TPSA) is 54.0 Å². The lowest BCUT2D eigenvalue weighted by molar-refractivity contribution is -0.0180. The number of ether oxygens (including phenoxy) is 4. The van der Waals surface area contributed by atoms with Crippen LogP contribution in [-0.2, 0) is 34.0 Å². The lowest BCUT2D eigenvalue weighted by Crippen LogP contribution is -2.14. The van der Waals surface area contributed by atoms with Gasteiger partial charge in [0, 0.05) is 23.3 Å². The molecule has 1 aliphatic heterocycles. The van der Waals surface area contributed by atoms with Gasteiger partial charge in [-0.15, -0.1) is 0 Å². The SMILES string of the molecule is COCc1ccc(C(=O)OCc2cc(Cl)cc3c2OCOC3)cc1. The van der Waals surface area contributed by atoms with Crippen LogP contribution < -0.4 is 4.74 Å². The van der Waals surface area contributed by atoms with E-state index in [1.807, 2.05) is 12.1 Å². The second-order valence-electron chi connectivity index (χ2n) is 5.37. The van der Waals surface area contributed by atoms with Crippen molar-refractivity contribution in [3.8, 4) is 5.75 Å².